The average molecular weight is 379 g/mol. The van der Waals surface area contributed by atoms with E-state index in [9.17, 15) is 19.1 Å². The quantitative estimate of drug-likeness (QED) is 0.561. The molecule has 0 bridgehead atoms. The van der Waals surface area contributed by atoms with Gasteiger partial charge in [-0.15, -0.1) is 0 Å². The Bertz CT molecular complexity index is 681. The summed E-state index contributed by atoms with van der Waals surface area (Å²) in [5.41, 5.74) is 0.405. The highest BCUT2D eigenvalue weighted by Gasteiger charge is 2.29. The van der Waals surface area contributed by atoms with Crippen molar-refractivity contribution >= 4 is 11.8 Å². The number of carbonyl (C=O) groups is 2. The van der Waals surface area contributed by atoms with Crippen molar-refractivity contribution in [2.75, 3.05) is 27.2 Å². The third-order valence-corrected chi connectivity index (χ3v) is 4.07. The standard InChI is InChI=1S/C19H26FN3O4/c1-23(2)11-19(26)22-16-8-7-14(27-17(16)12-24)9-18(25)21-10-13-5-3-4-6-15(13)20/h3-8,14,16-17,24H,9-12H2,1-2H3,(H,21,25)(H,22,26)/t14-,16-,17-/m0/s1. The summed E-state index contributed by atoms with van der Waals surface area (Å²) in [5, 5.41) is 15.0. The van der Waals surface area contributed by atoms with Gasteiger partial charge in [-0.3, -0.25) is 9.59 Å². The van der Waals surface area contributed by atoms with Gasteiger partial charge in [-0.25, -0.2) is 4.39 Å². The van der Waals surface area contributed by atoms with Crippen LogP contribution in [0.1, 0.15) is 12.0 Å². The summed E-state index contributed by atoms with van der Waals surface area (Å²) in [6, 6.07) is 5.78. The molecular formula is C19H26FN3O4. The molecule has 2 amide bonds. The molecule has 1 aromatic rings. The van der Waals surface area contributed by atoms with Gasteiger partial charge in [-0.1, -0.05) is 30.4 Å². The summed E-state index contributed by atoms with van der Waals surface area (Å²) >= 11 is 0. The molecule has 2 rings (SSSR count). The number of nitrogens with zero attached hydrogens (tertiary/aromatic N) is 1. The Morgan fingerprint density at radius 2 is 1.96 bits per heavy atom. The van der Waals surface area contributed by atoms with Gasteiger partial charge in [0.25, 0.3) is 0 Å². The molecule has 0 radical (unpaired) electrons. The van der Waals surface area contributed by atoms with Gasteiger partial charge < -0.3 is 25.4 Å². The Kier molecular flexibility index (Phi) is 7.90. The Morgan fingerprint density at radius 3 is 2.63 bits per heavy atom. The van der Waals surface area contributed by atoms with E-state index in [1.807, 2.05) is 0 Å². The van der Waals surface area contributed by atoms with Crippen LogP contribution >= 0.6 is 0 Å². The maximum absolute atomic E-state index is 13.6. The molecule has 0 fully saturated rings. The number of nitrogens with one attached hydrogen (secondary N) is 2. The van der Waals surface area contributed by atoms with E-state index in [1.54, 1.807) is 49.3 Å². The summed E-state index contributed by atoms with van der Waals surface area (Å²) in [4.78, 5) is 25.7. The fourth-order valence-electron chi connectivity index (χ4n) is 2.75. The lowest BCUT2D eigenvalue weighted by Gasteiger charge is -2.32. The van der Waals surface area contributed by atoms with Crippen LogP contribution in [0.4, 0.5) is 4.39 Å². The lowest BCUT2D eigenvalue weighted by molar-refractivity contribution is -0.128. The van der Waals surface area contributed by atoms with Crippen molar-refractivity contribution in [2.24, 2.45) is 0 Å². The summed E-state index contributed by atoms with van der Waals surface area (Å²) in [5.74, 6) is -0.847. The first-order valence-corrected chi connectivity index (χ1v) is 8.78. The molecule has 1 aromatic carbocycles. The number of aliphatic hydroxyl groups excluding tert-OH is 1. The minimum atomic E-state index is -0.634. The molecule has 0 saturated heterocycles. The van der Waals surface area contributed by atoms with Crippen molar-refractivity contribution in [3.8, 4) is 0 Å². The van der Waals surface area contributed by atoms with Gasteiger partial charge in [0.15, 0.2) is 0 Å². The third kappa shape index (κ3) is 6.74. The number of amides is 2. The van der Waals surface area contributed by atoms with Crippen LogP contribution in [0, 0.1) is 5.82 Å². The highest BCUT2D eigenvalue weighted by atomic mass is 19.1. The van der Waals surface area contributed by atoms with Crippen molar-refractivity contribution in [1.29, 1.82) is 0 Å². The van der Waals surface area contributed by atoms with Crippen molar-refractivity contribution in [2.45, 2.75) is 31.2 Å². The molecule has 7 nitrogen and oxygen atoms in total. The van der Waals surface area contributed by atoms with Crippen LogP contribution < -0.4 is 10.6 Å². The lowest BCUT2D eigenvalue weighted by Crippen LogP contribution is -2.50. The first kappa shape index (κ1) is 21.0. The molecule has 148 valence electrons. The van der Waals surface area contributed by atoms with Gasteiger partial charge in [-0.2, -0.15) is 0 Å². The Morgan fingerprint density at radius 1 is 1.22 bits per heavy atom. The molecule has 0 aliphatic carbocycles. The number of carbonyl (C=O) groups excluding carboxylic acids is 2. The van der Waals surface area contributed by atoms with Gasteiger partial charge in [0.2, 0.25) is 11.8 Å². The molecule has 3 atom stereocenters. The Labute approximate surface area is 158 Å². The van der Waals surface area contributed by atoms with Crippen molar-refractivity contribution in [3.63, 3.8) is 0 Å². The minimum Gasteiger partial charge on any atom is -0.394 e. The highest BCUT2D eigenvalue weighted by Crippen LogP contribution is 2.16. The summed E-state index contributed by atoms with van der Waals surface area (Å²) in [6.45, 7) is 0.0313. The fraction of sp³-hybridized carbons (Fsp3) is 0.474. The van der Waals surface area contributed by atoms with Gasteiger partial charge >= 0.3 is 0 Å². The van der Waals surface area contributed by atoms with Crippen LogP contribution in [0.2, 0.25) is 0 Å². The van der Waals surface area contributed by atoms with Crippen molar-refractivity contribution in [3.05, 3.63) is 47.8 Å². The van der Waals surface area contributed by atoms with Gasteiger partial charge in [0, 0.05) is 12.1 Å². The number of hydrogen-bond acceptors (Lipinski definition) is 5. The maximum atomic E-state index is 13.6. The van der Waals surface area contributed by atoms with Gasteiger partial charge in [0.1, 0.15) is 11.9 Å². The SMILES string of the molecule is CN(C)CC(=O)N[C@H]1C=C[C@@H](CC(=O)NCc2ccccc2F)O[C@H]1CO. The van der Waals surface area contributed by atoms with E-state index in [0.717, 1.165) is 0 Å². The second kappa shape index (κ2) is 10.1. The predicted octanol–water partition coefficient (Wildman–Crippen LogP) is 0.194. The topological polar surface area (TPSA) is 90.9 Å². The summed E-state index contributed by atoms with van der Waals surface area (Å²) in [7, 11) is 3.57. The smallest absolute Gasteiger partial charge is 0.234 e. The lowest BCUT2D eigenvalue weighted by atomic mass is 10.0. The minimum absolute atomic E-state index is 0.0415. The Balaban J connectivity index is 1.85. The predicted molar refractivity (Wildman–Crippen MR) is 98.2 cm³/mol. The van der Waals surface area contributed by atoms with E-state index < -0.39 is 18.2 Å². The Hall–Kier alpha value is -2.29. The number of rotatable bonds is 8. The van der Waals surface area contributed by atoms with Crippen LogP contribution in [-0.2, 0) is 20.9 Å². The molecule has 1 aliphatic rings. The molecule has 0 aromatic heterocycles. The fourth-order valence-corrected chi connectivity index (χ4v) is 2.75. The number of hydrogen-bond donors (Lipinski definition) is 3. The van der Waals surface area contributed by atoms with Crippen LogP contribution in [-0.4, -0.2) is 67.3 Å². The zero-order chi connectivity index (χ0) is 19.8. The molecule has 0 unspecified atom stereocenters. The second-order valence-corrected chi connectivity index (χ2v) is 6.68. The largest absolute Gasteiger partial charge is 0.394 e. The summed E-state index contributed by atoms with van der Waals surface area (Å²) in [6.07, 6.45) is 2.30. The van der Waals surface area contributed by atoms with E-state index >= 15 is 0 Å². The third-order valence-electron chi connectivity index (χ3n) is 4.07. The number of likely N-dealkylation sites (N-methyl/N-ethyl adjacent to an activating group) is 1. The molecule has 0 spiro atoms. The van der Waals surface area contributed by atoms with Crippen molar-refractivity contribution < 1.29 is 23.8 Å². The van der Waals surface area contributed by atoms with E-state index in [4.69, 9.17) is 4.74 Å². The van der Waals surface area contributed by atoms with Crippen LogP contribution in [0.3, 0.4) is 0 Å². The zero-order valence-electron chi connectivity index (χ0n) is 15.5. The molecule has 0 saturated carbocycles. The number of benzene rings is 1. The number of halogens is 1. The summed E-state index contributed by atoms with van der Waals surface area (Å²) < 4.78 is 19.3. The average Bonchev–Trinajstić information content (AvgIpc) is 2.61. The number of ether oxygens (including phenoxy) is 1. The second-order valence-electron chi connectivity index (χ2n) is 6.68. The molecule has 1 heterocycles. The van der Waals surface area contributed by atoms with Crippen molar-refractivity contribution in [1.82, 2.24) is 15.5 Å². The molecule has 3 N–H and O–H groups in total. The van der Waals surface area contributed by atoms with E-state index in [-0.39, 0.29) is 43.7 Å². The van der Waals surface area contributed by atoms with E-state index in [0.29, 0.717) is 5.56 Å². The van der Waals surface area contributed by atoms with Crippen LogP contribution in [0.5, 0.6) is 0 Å². The highest BCUT2D eigenvalue weighted by molar-refractivity contribution is 5.78. The maximum Gasteiger partial charge on any atom is 0.234 e. The van der Waals surface area contributed by atoms with Gasteiger partial charge in [-0.05, 0) is 20.2 Å². The van der Waals surface area contributed by atoms with E-state index in [2.05, 4.69) is 10.6 Å². The van der Waals surface area contributed by atoms with Crippen LogP contribution in [0.15, 0.2) is 36.4 Å². The first-order valence-electron chi connectivity index (χ1n) is 8.78. The first-order chi connectivity index (χ1) is 12.9. The van der Waals surface area contributed by atoms with Gasteiger partial charge in [0.05, 0.1) is 31.7 Å². The number of aliphatic hydroxyl groups is 1. The normalized spacial score (nSPS) is 21.9. The van der Waals surface area contributed by atoms with E-state index in [1.165, 1.54) is 6.07 Å². The molecular weight excluding hydrogens is 353 g/mol. The zero-order valence-corrected chi connectivity index (χ0v) is 15.5. The van der Waals surface area contributed by atoms with Crippen LogP contribution in [0.25, 0.3) is 0 Å². The molecule has 8 heteroatoms. The molecule has 27 heavy (non-hydrogen) atoms. The molecule has 1 aliphatic heterocycles. The monoisotopic (exact) mass is 379 g/mol.